The summed E-state index contributed by atoms with van der Waals surface area (Å²) in [6, 6.07) is 10.7. The molecule has 1 aromatic carbocycles. The molecular formula is C16H17N3S. The van der Waals surface area contributed by atoms with Gasteiger partial charge in [0.15, 0.2) is 0 Å². The Morgan fingerprint density at radius 3 is 2.80 bits per heavy atom. The molecule has 1 atom stereocenters. The second-order valence-corrected chi connectivity index (χ2v) is 5.72. The van der Waals surface area contributed by atoms with Crippen LogP contribution in [0.3, 0.4) is 0 Å². The monoisotopic (exact) mass is 283 g/mol. The van der Waals surface area contributed by atoms with Crippen molar-refractivity contribution in [2.75, 3.05) is 7.05 Å². The number of likely N-dealkylation sites (N-methyl/N-ethyl adjacent to an activating group) is 1. The van der Waals surface area contributed by atoms with Crippen molar-refractivity contribution in [2.24, 2.45) is 0 Å². The lowest BCUT2D eigenvalue weighted by atomic mass is 10.0. The van der Waals surface area contributed by atoms with Gasteiger partial charge >= 0.3 is 0 Å². The highest BCUT2D eigenvalue weighted by atomic mass is 32.1. The van der Waals surface area contributed by atoms with E-state index >= 15 is 0 Å². The van der Waals surface area contributed by atoms with Gasteiger partial charge in [-0.3, -0.25) is 4.98 Å². The Bertz CT molecular complexity index is 715. The SMILES string of the molecule is CNC(Cc1ccnc2ccccc12)c1scnc1C. The molecule has 20 heavy (non-hydrogen) atoms. The molecule has 1 unspecified atom stereocenters. The first-order chi connectivity index (χ1) is 9.79. The summed E-state index contributed by atoms with van der Waals surface area (Å²) in [6.07, 6.45) is 2.84. The molecule has 0 amide bonds. The minimum Gasteiger partial charge on any atom is -0.312 e. The van der Waals surface area contributed by atoms with Crippen molar-refractivity contribution in [2.45, 2.75) is 19.4 Å². The third kappa shape index (κ3) is 2.44. The average molecular weight is 283 g/mol. The maximum atomic E-state index is 4.43. The number of nitrogens with zero attached hydrogens (tertiary/aromatic N) is 2. The summed E-state index contributed by atoms with van der Waals surface area (Å²) in [7, 11) is 2.01. The summed E-state index contributed by atoms with van der Waals surface area (Å²) < 4.78 is 0. The molecule has 2 heterocycles. The maximum absolute atomic E-state index is 4.43. The topological polar surface area (TPSA) is 37.8 Å². The number of hydrogen-bond donors (Lipinski definition) is 1. The number of nitrogens with one attached hydrogen (secondary N) is 1. The Morgan fingerprint density at radius 2 is 2.05 bits per heavy atom. The first-order valence-corrected chi connectivity index (χ1v) is 7.57. The Hall–Kier alpha value is -1.78. The highest BCUT2D eigenvalue weighted by Crippen LogP contribution is 2.27. The number of aromatic nitrogens is 2. The molecule has 0 aliphatic rings. The molecule has 0 radical (unpaired) electrons. The van der Waals surface area contributed by atoms with Gasteiger partial charge in [-0.2, -0.15) is 0 Å². The fourth-order valence-corrected chi connectivity index (χ4v) is 3.44. The van der Waals surface area contributed by atoms with Crippen molar-refractivity contribution in [3.05, 3.63) is 58.2 Å². The van der Waals surface area contributed by atoms with Crippen LogP contribution in [0.25, 0.3) is 10.9 Å². The van der Waals surface area contributed by atoms with Crippen molar-refractivity contribution in [3.63, 3.8) is 0 Å². The second-order valence-electron chi connectivity index (χ2n) is 4.83. The molecule has 2 aromatic heterocycles. The van der Waals surface area contributed by atoms with Crippen molar-refractivity contribution >= 4 is 22.2 Å². The number of aryl methyl sites for hydroxylation is 1. The number of rotatable bonds is 4. The smallest absolute Gasteiger partial charge is 0.0798 e. The molecule has 0 saturated heterocycles. The summed E-state index contributed by atoms with van der Waals surface area (Å²) in [4.78, 5) is 10.1. The van der Waals surface area contributed by atoms with Crippen LogP contribution in [-0.4, -0.2) is 17.0 Å². The third-order valence-electron chi connectivity index (χ3n) is 3.61. The summed E-state index contributed by atoms with van der Waals surface area (Å²) in [5, 5.41) is 4.64. The molecular weight excluding hydrogens is 266 g/mol. The predicted molar refractivity (Wildman–Crippen MR) is 84.1 cm³/mol. The summed E-state index contributed by atoms with van der Waals surface area (Å²) in [6.45, 7) is 2.07. The fourth-order valence-electron chi connectivity index (χ4n) is 2.52. The van der Waals surface area contributed by atoms with E-state index in [1.165, 1.54) is 15.8 Å². The van der Waals surface area contributed by atoms with Gasteiger partial charge in [0, 0.05) is 22.5 Å². The van der Waals surface area contributed by atoms with Gasteiger partial charge in [-0.25, -0.2) is 4.98 Å². The minimum absolute atomic E-state index is 0.299. The van der Waals surface area contributed by atoms with E-state index in [0.29, 0.717) is 6.04 Å². The molecule has 3 rings (SSSR count). The average Bonchev–Trinajstić information content (AvgIpc) is 2.91. The predicted octanol–water partition coefficient (Wildman–Crippen LogP) is 3.50. The van der Waals surface area contributed by atoms with Crippen molar-refractivity contribution < 1.29 is 0 Å². The summed E-state index contributed by atoms with van der Waals surface area (Å²) >= 11 is 1.72. The third-order valence-corrected chi connectivity index (χ3v) is 4.66. The fraction of sp³-hybridized carbons (Fsp3) is 0.250. The molecule has 102 valence electrons. The van der Waals surface area contributed by atoms with Gasteiger partial charge in [0.25, 0.3) is 0 Å². The molecule has 4 heteroatoms. The van der Waals surface area contributed by atoms with Crippen LogP contribution >= 0.6 is 11.3 Å². The number of fused-ring (bicyclic) bond motifs is 1. The van der Waals surface area contributed by atoms with E-state index in [2.05, 4.69) is 46.5 Å². The normalized spacial score (nSPS) is 12.7. The zero-order chi connectivity index (χ0) is 13.9. The zero-order valence-electron chi connectivity index (χ0n) is 11.6. The van der Waals surface area contributed by atoms with Gasteiger partial charge in [0.2, 0.25) is 0 Å². The van der Waals surface area contributed by atoms with Crippen LogP contribution in [-0.2, 0) is 6.42 Å². The van der Waals surface area contributed by atoms with Crippen LogP contribution in [0.2, 0.25) is 0 Å². The number of pyridine rings is 1. The van der Waals surface area contributed by atoms with Crippen molar-refractivity contribution in [1.29, 1.82) is 0 Å². The van der Waals surface area contributed by atoms with Gasteiger partial charge in [0.05, 0.1) is 16.7 Å². The highest BCUT2D eigenvalue weighted by molar-refractivity contribution is 7.09. The molecule has 0 bridgehead atoms. The number of para-hydroxylation sites is 1. The number of benzene rings is 1. The maximum Gasteiger partial charge on any atom is 0.0798 e. The van der Waals surface area contributed by atoms with E-state index in [0.717, 1.165) is 17.6 Å². The van der Waals surface area contributed by atoms with Gasteiger partial charge in [0.1, 0.15) is 0 Å². The summed E-state index contributed by atoms with van der Waals surface area (Å²) in [5.41, 5.74) is 5.41. The van der Waals surface area contributed by atoms with Crippen LogP contribution in [0.15, 0.2) is 42.0 Å². The van der Waals surface area contributed by atoms with E-state index in [1.807, 2.05) is 24.8 Å². The van der Waals surface area contributed by atoms with E-state index in [9.17, 15) is 0 Å². The molecule has 0 spiro atoms. The molecule has 3 nitrogen and oxygen atoms in total. The van der Waals surface area contributed by atoms with E-state index < -0.39 is 0 Å². The van der Waals surface area contributed by atoms with Crippen LogP contribution < -0.4 is 5.32 Å². The zero-order valence-corrected chi connectivity index (χ0v) is 12.4. The molecule has 0 aliphatic heterocycles. The second kappa shape index (κ2) is 5.69. The van der Waals surface area contributed by atoms with Gasteiger partial charge < -0.3 is 5.32 Å². The lowest BCUT2D eigenvalue weighted by Crippen LogP contribution is -2.18. The molecule has 0 aliphatic carbocycles. The lowest BCUT2D eigenvalue weighted by Gasteiger charge is -2.16. The molecule has 0 saturated carbocycles. The van der Waals surface area contributed by atoms with Crippen LogP contribution in [0.4, 0.5) is 0 Å². The molecule has 0 fully saturated rings. The van der Waals surface area contributed by atoms with E-state index in [1.54, 1.807) is 11.3 Å². The minimum atomic E-state index is 0.299. The standard InChI is InChI=1S/C16H17N3S/c1-11-16(20-10-19-11)15(17-2)9-12-7-8-18-14-6-4-3-5-13(12)14/h3-8,10,15,17H,9H2,1-2H3. The van der Waals surface area contributed by atoms with E-state index in [4.69, 9.17) is 0 Å². The Morgan fingerprint density at radius 1 is 1.20 bits per heavy atom. The quantitative estimate of drug-likeness (QED) is 0.796. The largest absolute Gasteiger partial charge is 0.312 e. The lowest BCUT2D eigenvalue weighted by molar-refractivity contribution is 0.599. The Labute approximate surface area is 122 Å². The van der Waals surface area contributed by atoms with Crippen molar-refractivity contribution in [3.8, 4) is 0 Å². The van der Waals surface area contributed by atoms with Crippen LogP contribution in [0, 0.1) is 6.92 Å². The first kappa shape index (κ1) is 13.2. The van der Waals surface area contributed by atoms with E-state index in [-0.39, 0.29) is 0 Å². The Kier molecular flexibility index (Phi) is 3.76. The first-order valence-electron chi connectivity index (χ1n) is 6.69. The van der Waals surface area contributed by atoms with Crippen LogP contribution in [0.5, 0.6) is 0 Å². The molecule has 1 N–H and O–H groups in total. The highest BCUT2D eigenvalue weighted by Gasteiger charge is 2.16. The van der Waals surface area contributed by atoms with Gasteiger partial charge in [-0.1, -0.05) is 18.2 Å². The summed E-state index contributed by atoms with van der Waals surface area (Å²) in [5.74, 6) is 0. The van der Waals surface area contributed by atoms with Gasteiger partial charge in [-0.15, -0.1) is 11.3 Å². The number of hydrogen-bond acceptors (Lipinski definition) is 4. The van der Waals surface area contributed by atoms with Gasteiger partial charge in [-0.05, 0) is 38.1 Å². The van der Waals surface area contributed by atoms with Crippen molar-refractivity contribution in [1.82, 2.24) is 15.3 Å². The van der Waals surface area contributed by atoms with Crippen LogP contribution in [0.1, 0.15) is 22.2 Å². The Balaban J connectivity index is 1.98. The molecule has 3 aromatic rings. The number of thiazole rings is 1.